The number of anilines is 1. The molecule has 8 heteroatoms. The fraction of sp³-hybridized carbons (Fsp3) is 0.222. The number of aromatic nitrogens is 3. The Morgan fingerprint density at radius 1 is 1.08 bits per heavy atom. The van der Waals surface area contributed by atoms with Gasteiger partial charge < -0.3 is 10.1 Å². The minimum absolute atomic E-state index is 0.0333. The van der Waals surface area contributed by atoms with Crippen LogP contribution in [0.4, 0.5) is 14.7 Å². The highest BCUT2D eigenvalue weighted by atomic mass is 35.5. The minimum Gasteiger partial charge on any atom is -0.435 e. The number of ether oxygens (including phenoxy) is 1. The van der Waals surface area contributed by atoms with Crippen molar-refractivity contribution in [3.63, 3.8) is 0 Å². The summed E-state index contributed by atoms with van der Waals surface area (Å²) >= 11 is 5.98. The summed E-state index contributed by atoms with van der Waals surface area (Å²) in [5.41, 5.74) is 2.03. The van der Waals surface area contributed by atoms with E-state index in [0.29, 0.717) is 11.0 Å². The first kappa shape index (κ1) is 16.8. The molecule has 5 nitrogen and oxygen atoms in total. The van der Waals surface area contributed by atoms with E-state index in [1.54, 1.807) is 16.8 Å². The lowest BCUT2D eigenvalue weighted by Crippen LogP contribution is -2.28. The second kappa shape index (κ2) is 6.92. The average Bonchev–Trinajstić information content (AvgIpc) is 3.10. The maximum atomic E-state index is 12.3. The molecular weight excluding hydrogens is 362 g/mol. The standard InChI is InChI=1S/C18H15ClF2N4O/c19-13-5-1-11(2-6-13)15-9-16(25-18(24-15)22-10-23-25)12-3-7-14(8-4-12)26-17(20)21/h1-8,10,15-17H,9H2,(H,22,23,24)/t15-,16-/m1/s1. The largest absolute Gasteiger partial charge is 0.435 e. The Bertz CT molecular complexity index is 883. The van der Waals surface area contributed by atoms with Gasteiger partial charge in [-0.3, -0.25) is 0 Å². The van der Waals surface area contributed by atoms with Crippen molar-refractivity contribution in [3.05, 3.63) is 71.0 Å². The molecule has 1 aromatic heterocycles. The third-order valence-electron chi connectivity index (χ3n) is 4.39. The van der Waals surface area contributed by atoms with Crippen LogP contribution in [0, 0.1) is 0 Å². The van der Waals surface area contributed by atoms with Gasteiger partial charge in [0, 0.05) is 5.02 Å². The van der Waals surface area contributed by atoms with Crippen molar-refractivity contribution in [2.45, 2.75) is 25.1 Å². The molecule has 0 amide bonds. The SMILES string of the molecule is FC(F)Oc1ccc([C@H]2C[C@H](c3ccc(Cl)cc3)Nc3ncnn32)cc1. The van der Waals surface area contributed by atoms with Crippen LogP contribution in [0.3, 0.4) is 0 Å². The molecule has 0 unspecified atom stereocenters. The van der Waals surface area contributed by atoms with Gasteiger partial charge in [0.2, 0.25) is 5.95 Å². The Hall–Kier alpha value is -2.67. The molecule has 2 atom stereocenters. The van der Waals surface area contributed by atoms with Gasteiger partial charge in [-0.15, -0.1) is 0 Å². The zero-order chi connectivity index (χ0) is 18.1. The number of hydrogen-bond acceptors (Lipinski definition) is 4. The van der Waals surface area contributed by atoms with Crippen molar-refractivity contribution in [3.8, 4) is 5.75 Å². The van der Waals surface area contributed by atoms with Crippen molar-refractivity contribution < 1.29 is 13.5 Å². The topological polar surface area (TPSA) is 52.0 Å². The van der Waals surface area contributed by atoms with Gasteiger partial charge in [0.05, 0.1) is 12.1 Å². The average molecular weight is 377 g/mol. The molecule has 1 aliphatic rings. The maximum Gasteiger partial charge on any atom is 0.387 e. The number of hydrogen-bond donors (Lipinski definition) is 1. The van der Waals surface area contributed by atoms with Crippen LogP contribution in [-0.2, 0) is 0 Å². The van der Waals surface area contributed by atoms with Crippen molar-refractivity contribution in [2.75, 3.05) is 5.32 Å². The number of nitrogens with one attached hydrogen (secondary N) is 1. The third kappa shape index (κ3) is 3.35. The molecule has 0 saturated heterocycles. The Morgan fingerprint density at radius 3 is 2.46 bits per heavy atom. The summed E-state index contributed by atoms with van der Waals surface area (Å²) in [6.45, 7) is -2.84. The molecule has 1 N–H and O–H groups in total. The zero-order valence-corrected chi connectivity index (χ0v) is 14.3. The van der Waals surface area contributed by atoms with Crippen LogP contribution in [-0.4, -0.2) is 21.4 Å². The van der Waals surface area contributed by atoms with E-state index in [1.165, 1.54) is 18.5 Å². The van der Waals surface area contributed by atoms with Crippen LogP contribution in [0.25, 0.3) is 0 Å². The molecule has 0 spiro atoms. The lowest BCUT2D eigenvalue weighted by Gasteiger charge is -2.32. The third-order valence-corrected chi connectivity index (χ3v) is 4.64. The van der Waals surface area contributed by atoms with Crippen LogP contribution >= 0.6 is 11.6 Å². The number of alkyl halides is 2. The summed E-state index contributed by atoms with van der Waals surface area (Å²) in [6.07, 6.45) is 2.22. The molecular formula is C18H15ClF2N4O. The van der Waals surface area contributed by atoms with E-state index in [-0.39, 0.29) is 17.8 Å². The molecule has 3 aromatic rings. The van der Waals surface area contributed by atoms with Crippen LogP contribution in [0.5, 0.6) is 5.75 Å². The van der Waals surface area contributed by atoms with Crippen molar-refractivity contribution in [2.24, 2.45) is 0 Å². The Morgan fingerprint density at radius 2 is 1.77 bits per heavy atom. The molecule has 1 aliphatic heterocycles. The van der Waals surface area contributed by atoms with E-state index >= 15 is 0 Å². The van der Waals surface area contributed by atoms with Gasteiger partial charge in [-0.05, 0) is 41.8 Å². The molecule has 2 heterocycles. The van der Waals surface area contributed by atoms with Crippen LogP contribution < -0.4 is 10.1 Å². The molecule has 0 aliphatic carbocycles. The highest BCUT2D eigenvalue weighted by Crippen LogP contribution is 2.37. The first-order chi connectivity index (χ1) is 12.6. The molecule has 2 aromatic carbocycles. The Labute approximate surface area is 153 Å². The number of nitrogens with zero attached hydrogens (tertiary/aromatic N) is 3. The van der Waals surface area contributed by atoms with Gasteiger partial charge in [0.25, 0.3) is 0 Å². The van der Waals surface area contributed by atoms with E-state index in [1.807, 2.05) is 24.3 Å². The van der Waals surface area contributed by atoms with Gasteiger partial charge in [-0.1, -0.05) is 35.9 Å². The van der Waals surface area contributed by atoms with E-state index in [2.05, 4.69) is 20.1 Å². The Balaban J connectivity index is 1.63. The molecule has 0 radical (unpaired) electrons. The summed E-state index contributed by atoms with van der Waals surface area (Å²) < 4.78 is 30.9. The van der Waals surface area contributed by atoms with Crippen molar-refractivity contribution in [1.82, 2.24) is 14.8 Å². The molecule has 134 valence electrons. The lowest BCUT2D eigenvalue weighted by molar-refractivity contribution is -0.0498. The number of halogens is 3. The summed E-state index contributed by atoms with van der Waals surface area (Å²) in [5.74, 6) is 0.792. The first-order valence-corrected chi connectivity index (χ1v) is 8.44. The lowest BCUT2D eigenvalue weighted by atomic mass is 9.93. The van der Waals surface area contributed by atoms with E-state index < -0.39 is 6.61 Å². The molecule has 0 bridgehead atoms. The zero-order valence-electron chi connectivity index (χ0n) is 13.5. The number of benzene rings is 2. The van der Waals surface area contributed by atoms with E-state index in [9.17, 15) is 8.78 Å². The van der Waals surface area contributed by atoms with Gasteiger partial charge in [-0.25, -0.2) is 4.68 Å². The summed E-state index contributed by atoms with van der Waals surface area (Å²) in [6, 6.07) is 14.2. The number of fused-ring (bicyclic) bond motifs is 1. The highest BCUT2D eigenvalue weighted by molar-refractivity contribution is 6.30. The first-order valence-electron chi connectivity index (χ1n) is 8.06. The van der Waals surface area contributed by atoms with Crippen LogP contribution in [0.15, 0.2) is 54.9 Å². The van der Waals surface area contributed by atoms with Crippen molar-refractivity contribution >= 4 is 17.5 Å². The summed E-state index contributed by atoms with van der Waals surface area (Å²) in [5, 5.41) is 8.35. The molecule has 0 fully saturated rings. The molecule has 4 rings (SSSR count). The molecule has 0 saturated carbocycles. The van der Waals surface area contributed by atoms with Gasteiger partial charge in [0.15, 0.2) is 0 Å². The predicted molar refractivity (Wildman–Crippen MR) is 93.7 cm³/mol. The van der Waals surface area contributed by atoms with Crippen LogP contribution in [0.2, 0.25) is 5.02 Å². The van der Waals surface area contributed by atoms with Gasteiger partial charge >= 0.3 is 6.61 Å². The summed E-state index contributed by atoms with van der Waals surface area (Å²) in [4.78, 5) is 4.27. The van der Waals surface area contributed by atoms with Crippen molar-refractivity contribution in [1.29, 1.82) is 0 Å². The second-order valence-electron chi connectivity index (χ2n) is 5.98. The molecule has 26 heavy (non-hydrogen) atoms. The normalized spacial score (nSPS) is 19.1. The second-order valence-corrected chi connectivity index (χ2v) is 6.41. The Kier molecular flexibility index (Phi) is 4.46. The smallest absolute Gasteiger partial charge is 0.387 e. The van der Waals surface area contributed by atoms with Crippen LogP contribution in [0.1, 0.15) is 29.6 Å². The quantitative estimate of drug-likeness (QED) is 0.718. The van der Waals surface area contributed by atoms with Gasteiger partial charge in [-0.2, -0.15) is 18.9 Å². The van der Waals surface area contributed by atoms with E-state index in [0.717, 1.165) is 17.5 Å². The summed E-state index contributed by atoms with van der Waals surface area (Å²) in [7, 11) is 0. The van der Waals surface area contributed by atoms with E-state index in [4.69, 9.17) is 11.6 Å². The minimum atomic E-state index is -2.84. The highest BCUT2D eigenvalue weighted by Gasteiger charge is 2.29. The number of rotatable bonds is 4. The fourth-order valence-electron chi connectivity index (χ4n) is 3.18. The van der Waals surface area contributed by atoms with Gasteiger partial charge in [0.1, 0.15) is 12.1 Å². The fourth-order valence-corrected chi connectivity index (χ4v) is 3.31. The monoisotopic (exact) mass is 376 g/mol. The maximum absolute atomic E-state index is 12.3. The predicted octanol–water partition coefficient (Wildman–Crippen LogP) is 4.68.